The highest BCUT2D eigenvalue weighted by molar-refractivity contribution is 7.54. The highest BCUT2D eigenvalue weighted by Crippen LogP contribution is 2.61. The second-order valence-corrected chi connectivity index (χ2v) is 7.40. The van der Waals surface area contributed by atoms with E-state index in [1.165, 1.54) is 30.3 Å². The van der Waals surface area contributed by atoms with E-state index in [1.54, 1.807) is 32.0 Å². The third-order valence-corrected chi connectivity index (χ3v) is 5.82. The second-order valence-electron chi connectivity index (χ2n) is 5.29. The van der Waals surface area contributed by atoms with Crippen LogP contribution in [0.2, 0.25) is 0 Å². The summed E-state index contributed by atoms with van der Waals surface area (Å²) in [5.41, 5.74) is 0.757. The van der Waals surface area contributed by atoms with E-state index in [4.69, 9.17) is 9.05 Å². The Balaban J connectivity index is 2.44. The molecule has 2 N–H and O–H groups in total. The van der Waals surface area contributed by atoms with Crippen LogP contribution < -0.4 is 5.32 Å². The highest BCUT2D eigenvalue weighted by Gasteiger charge is 2.38. The first-order valence-electron chi connectivity index (χ1n) is 8.09. The number of rotatable bonds is 9. The molecule has 2 rings (SSSR count). The van der Waals surface area contributed by atoms with Crippen molar-refractivity contribution in [3.63, 3.8) is 0 Å². The molecule has 1 atom stereocenters. The van der Waals surface area contributed by atoms with Crippen LogP contribution in [0.25, 0.3) is 0 Å². The fourth-order valence-corrected chi connectivity index (χ4v) is 4.39. The number of phenols is 1. The third-order valence-electron chi connectivity index (χ3n) is 3.55. The van der Waals surface area contributed by atoms with Crippen molar-refractivity contribution in [2.75, 3.05) is 18.5 Å². The Morgan fingerprint density at radius 1 is 1.12 bits per heavy atom. The van der Waals surface area contributed by atoms with E-state index in [9.17, 15) is 19.8 Å². The molecule has 0 heterocycles. The van der Waals surface area contributed by atoms with Crippen LogP contribution >= 0.6 is 7.60 Å². The number of nitro benzene ring substituents is 1. The first kappa shape index (κ1) is 19.9. The van der Waals surface area contributed by atoms with Gasteiger partial charge in [0, 0.05) is 23.4 Å². The van der Waals surface area contributed by atoms with Crippen LogP contribution in [-0.2, 0) is 13.6 Å². The van der Waals surface area contributed by atoms with Gasteiger partial charge in [0.15, 0.2) is 5.78 Å². The Morgan fingerprint density at radius 2 is 1.69 bits per heavy atom. The fourth-order valence-electron chi connectivity index (χ4n) is 2.43. The quantitative estimate of drug-likeness (QED) is 0.369. The van der Waals surface area contributed by atoms with E-state index in [0.29, 0.717) is 11.3 Å². The van der Waals surface area contributed by atoms with E-state index in [2.05, 4.69) is 5.32 Å². The second kappa shape index (κ2) is 8.80. The summed E-state index contributed by atoms with van der Waals surface area (Å²) in [6, 6.07) is 12.1. The zero-order valence-electron chi connectivity index (χ0n) is 14.5. The maximum Gasteiger partial charge on any atom is 0.357 e. The molecule has 0 bridgehead atoms. The number of phenolic OH excluding ortho intramolecular Hbond substituents is 1. The first-order valence-corrected chi connectivity index (χ1v) is 9.70. The van der Waals surface area contributed by atoms with Crippen molar-refractivity contribution >= 4 is 19.0 Å². The van der Waals surface area contributed by atoms with Crippen LogP contribution in [-0.4, -0.2) is 23.2 Å². The molecule has 0 saturated heterocycles. The molecule has 0 fully saturated rings. The van der Waals surface area contributed by atoms with Gasteiger partial charge in [0.1, 0.15) is 5.75 Å². The van der Waals surface area contributed by atoms with Crippen molar-refractivity contribution in [3.8, 4) is 5.75 Å². The third kappa shape index (κ3) is 4.60. The summed E-state index contributed by atoms with van der Waals surface area (Å²) in [5, 5.41) is 24.0. The highest BCUT2D eigenvalue weighted by atomic mass is 31.2. The van der Waals surface area contributed by atoms with Gasteiger partial charge in [0.25, 0.3) is 5.69 Å². The maximum atomic E-state index is 13.3. The molecule has 2 aromatic carbocycles. The lowest BCUT2D eigenvalue weighted by molar-refractivity contribution is -0.384. The molecule has 0 aromatic heterocycles. The minimum atomic E-state index is -3.68. The summed E-state index contributed by atoms with van der Waals surface area (Å²) in [4.78, 5) is 10.3. The standard InChI is InChI=1S/C17H21N2O6P/c1-3-24-26(23,25-4-2)17(15-7-5-6-8-16(15)20)18-13-9-11-14(12-10-13)19(21)22/h5-12,17-18,20H,3-4H2,1-2H3/t17-/m0/s1. The van der Waals surface area contributed by atoms with Gasteiger partial charge in [-0.15, -0.1) is 0 Å². The van der Waals surface area contributed by atoms with Gasteiger partial charge in [-0.25, -0.2) is 0 Å². The Bertz CT molecular complexity index is 786. The lowest BCUT2D eigenvalue weighted by Crippen LogP contribution is -2.15. The van der Waals surface area contributed by atoms with Gasteiger partial charge in [-0.05, 0) is 32.0 Å². The SMILES string of the molecule is CCOP(=O)(OCC)[C@H](Nc1ccc([N+](=O)[O-])cc1)c1ccccc1O. The number of hydrogen-bond acceptors (Lipinski definition) is 7. The molecule has 2 aromatic rings. The summed E-state index contributed by atoms with van der Waals surface area (Å²) in [7, 11) is -3.68. The van der Waals surface area contributed by atoms with Crippen LogP contribution in [0.3, 0.4) is 0 Å². The number of anilines is 1. The molecule has 140 valence electrons. The lowest BCUT2D eigenvalue weighted by Gasteiger charge is -2.28. The van der Waals surface area contributed by atoms with E-state index in [0.717, 1.165) is 0 Å². The van der Waals surface area contributed by atoms with Crippen molar-refractivity contribution in [1.82, 2.24) is 0 Å². The molecule has 0 aliphatic rings. The Labute approximate surface area is 151 Å². The minimum absolute atomic E-state index is 0.0625. The smallest absolute Gasteiger partial charge is 0.357 e. The first-order chi connectivity index (χ1) is 12.4. The monoisotopic (exact) mass is 380 g/mol. The molecule has 0 amide bonds. The zero-order chi connectivity index (χ0) is 19.2. The molecule has 0 aliphatic heterocycles. The van der Waals surface area contributed by atoms with Crippen LogP contribution in [0.5, 0.6) is 5.75 Å². The largest absolute Gasteiger partial charge is 0.508 e. The molecule has 9 heteroatoms. The Hall–Kier alpha value is -2.41. The summed E-state index contributed by atoms with van der Waals surface area (Å²) in [6.07, 6.45) is 0. The molecule has 26 heavy (non-hydrogen) atoms. The average molecular weight is 380 g/mol. The summed E-state index contributed by atoms with van der Waals surface area (Å²) in [5.74, 6) is -1.04. The number of nitrogens with one attached hydrogen (secondary N) is 1. The van der Waals surface area contributed by atoms with Gasteiger partial charge >= 0.3 is 7.60 Å². The van der Waals surface area contributed by atoms with Crippen LogP contribution in [0, 0.1) is 10.1 Å². The molecular weight excluding hydrogens is 359 g/mol. The molecular formula is C17H21N2O6P. The molecule has 0 aliphatic carbocycles. The number of nitro groups is 1. The number of nitrogens with zero attached hydrogens (tertiary/aromatic N) is 1. The van der Waals surface area contributed by atoms with Gasteiger partial charge < -0.3 is 19.5 Å². The van der Waals surface area contributed by atoms with Crippen molar-refractivity contribution < 1.29 is 23.6 Å². The number of hydrogen-bond donors (Lipinski definition) is 2. The number of non-ortho nitro benzene ring substituents is 1. The Morgan fingerprint density at radius 3 is 2.19 bits per heavy atom. The topological polar surface area (TPSA) is 111 Å². The van der Waals surface area contributed by atoms with E-state index >= 15 is 0 Å². The zero-order valence-corrected chi connectivity index (χ0v) is 15.4. The maximum absolute atomic E-state index is 13.3. The van der Waals surface area contributed by atoms with Crippen molar-refractivity contribution in [1.29, 1.82) is 0 Å². The lowest BCUT2D eigenvalue weighted by atomic mass is 10.2. The summed E-state index contributed by atoms with van der Waals surface area (Å²) < 4.78 is 24.2. The van der Waals surface area contributed by atoms with Crippen LogP contribution in [0.4, 0.5) is 11.4 Å². The van der Waals surface area contributed by atoms with E-state index in [-0.39, 0.29) is 24.7 Å². The number of para-hydroxylation sites is 1. The average Bonchev–Trinajstić information content (AvgIpc) is 2.61. The predicted octanol–water partition coefficient (Wildman–Crippen LogP) is 4.68. The van der Waals surface area contributed by atoms with Crippen molar-refractivity contribution in [2.24, 2.45) is 0 Å². The predicted molar refractivity (Wildman–Crippen MR) is 98.4 cm³/mol. The summed E-state index contributed by atoms with van der Waals surface area (Å²) in [6.45, 7) is 3.70. The van der Waals surface area contributed by atoms with Gasteiger partial charge in [-0.2, -0.15) is 0 Å². The normalized spacial score (nSPS) is 12.5. The van der Waals surface area contributed by atoms with Gasteiger partial charge in [0.05, 0.1) is 18.1 Å². The van der Waals surface area contributed by atoms with Crippen molar-refractivity contribution in [3.05, 3.63) is 64.2 Å². The number of aromatic hydroxyl groups is 1. The van der Waals surface area contributed by atoms with Gasteiger partial charge in [-0.1, -0.05) is 18.2 Å². The molecule has 0 saturated carbocycles. The van der Waals surface area contributed by atoms with Crippen LogP contribution in [0.1, 0.15) is 25.2 Å². The Kier molecular flexibility index (Phi) is 6.74. The molecule has 0 spiro atoms. The minimum Gasteiger partial charge on any atom is -0.508 e. The van der Waals surface area contributed by atoms with E-state index in [1.807, 2.05) is 0 Å². The molecule has 0 radical (unpaired) electrons. The van der Waals surface area contributed by atoms with Crippen molar-refractivity contribution in [2.45, 2.75) is 19.6 Å². The van der Waals surface area contributed by atoms with Crippen LogP contribution in [0.15, 0.2) is 48.5 Å². The molecule has 8 nitrogen and oxygen atoms in total. The van der Waals surface area contributed by atoms with Gasteiger partial charge in [-0.3, -0.25) is 14.7 Å². The van der Waals surface area contributed by atoms with Gasteiger partial charge in [0.2, 0.25) is 0 Å². The molecule has 0 unspecified atom stereocenters. The summed E-state index contributed by atoms with van der Waals surface area (Å²) >= 11 is 0. The fraction of sp³-hybridized carbons (Fsp3) is 0.294. The van der Waals surface area contributed by atoms with E-state index < -0.39 is 18.3 Å². The number of benzene rings is 2.